The average Bonchev–Trinajstić information content (AvgIpc) is 2.85. The van der Waals surface area contributed by atoms with Crippen LogP contribution < -0.4 is 4.90 Å². The first-order valence-electron chi connectivity index (χ1n) is 11.6. The van der Waals surface area contributed by atoms with Gasteiger partial charge in [0.05, 0.1) is 4.92 Å². The Bertz CT molecular complexity index is 1180. The number of carbonyl (C=O) groups excluding carboxylic acids is 1. The normalized spacial score (nSPS) is 13.7. The van der Waals surface area contributed by atoms with Crippen LogP contribution in [0.15, 0.2) is 48.5 Å². The van der Waals surface area contributed by atoms with Crippen molar-refractivity contribution in [3.05, 3.63) is 92.4 Å². The zero-order chi connectivity index (χ0) is 24.2. The van der Waals surface area contributed by atoms with Crippen molar-refractivity contribution >= 4 is 17.4 Å². The quantitative estimate of drug-likeness (QED) is 0.407. The summed E-state index contributed by atoms with van der Waals surface area (Å²) in [5.41, 5.74) is 5.10. The monoisotopic (exact) mass is 459 g/mol. The van der Waals surface area contributed by atoms with E-state index in [0.717, 1.165) is 35.7 Å². The molecular weight excluding hydrogens is 430 g/mol. The minimum absolute atomic E-state index is 0.0201. The largest absolute Gasteiger partial charge is 0.353 e. The Labute approximate surface area is 199 Å². The second-order valence-electron chi connectivity index (χ2n) is 8.62. The lowest BCUT2D eigenvalue weighted by Crippen LogP contribution is -2.49. The fraction of sp³-hybridized carbons (Fsp3) is 0.346. The number of non-ortho nitro benzene ring substituents is 1. The number of nitro benzene ring substituents is 1. The van der Waals surface area contributed by atoms with Crippen molar-refractivity contribution in [2.24, 2.45) is 0 Å². The molecule has 4 rings (SSSR count). The van der Waals surface area contributed by atoms with E-state index in [1.54, 1.807) is 4.90 Å². The lowest BCUT2D eigenvalue weighted by Gasteiger charge is -2.36. The summed E-state index contributed by atoms with van der Waals surface area (Å²) in [6, 6.07) is 14.3. The van der Waals surface area contributed by atoms with Crippen molar-refractivity contribution in [3.63, 3.8) is 0 Å². The topological polar surface area (TPSA) is 92.5 Å². The number of piperazine rings is 1. The number of rotatable bonds is 6. The van der Waals surface area contributed by atoms with Gasteiger partial charge in [-0.25, -0.2) is 9.97 Å². The number of nitrogens with zero attached hydrogens (tertiary/aromatic N) is 5. The third-order valence-electron chi connectivity index (χ3n) is 6.21. The zero-order valence-electron chi connectivity index (χ0n) is 19.8. The fourth-order valence-corrected chi connectivity index (χ4v) is 4.31. The predicted octanol–water partition coefficient (Wildman–Crippen LogP) is 4.12. The summed E-state index contributed by atoms with van der Waals surface area (Å²) in [4.78, 5) is 36.9. The first kappa shape index (κ1) is 23.4. The number of aryl methyl sites for hydroxylation is 3. The average molecular weight is 460 g/mol. The number of nitro groups is 1. The van der Waals surface area contributed by atoms with Gasteiger partial charge >= 0.3 is 0 Å². The van der Waals surface area contributed by atoms with Gasteiger partial charge in [-0.1, -0.05) is 36.8 Å². The van der Waals surface area contributed by atoms with Gasteiger partial charge in [0.25, 0.3) is 11.6 Å². The molecule has 1 aromatic heterocycles. The van der Waals surface area contributed by atoms with Gasteiger partial charge in [-0.05, 0) is 38.0 Å². The highest BCUT2D eigenvalue weighted by Gasteiger charge is 2.26. The standard InChI is InChI=1S/C26H29N5O3/c1-4-24-23(17-20-7-5-18(2)6-8-20)25(28-19(3)27-24)29-13-15-30(16-14-29)26(32)21-9-11-22(12-10-21)31(33)34/h5-12H,4,13-17H2,1-3H3. The van der Waals surface area contributed by atoms with Crippen molar-refractivity contribution in [2.45, 2.75) is 33.6 Å². The molecule has 3 aromatic rings. The smallest absolute Gasteiger partial charge is 0.269 e. The van der Waals surface area contributed by atoms with Crippen LogP contribution in [-0.2, 0) is 12.8 Å². The molecule has 1 amide bonds. The fourth-order valence-electron chi connectivity index (χ4n) is 4.31. The molecule has 1 fully saturated rings. The van der Waals surface area contributed by atoms with Crippen molar-refractivity contribution in [3.8, 4) is 0 Å². The van der Waals surface area contributed by atoms with Crippen molar-refractivity contribution in [1.82, 2.24) is 14.9 Å². The van der Waals surface area contributed by atoms with Gasteiger partial charge in [0, 0.05) is 61.6 Å². The van der Waals surface area contributed by atoms with E-state index in [1.165, 1.54) is 35.4 Å². The van der Waals surface area contributed by atoms with Gasteiger partial charge in [-0.3, -0.25) is 14.9 Å². The first-order valence-corrected chi connectivity index (χ1v) is 11.6. The highest BCUT2D eigenvalue weighted by atomic mass is 16.6. The second-order valence-corrected chi connectivity index (χ2v) is 8.62. The van der Waals surface area contributed by atoms with E-state index < -0.39 is 4.92 Å². The third-order valence-corrected chi connectivity index (χ3v) is 6.21. The van der Waals surface area contributed by atoms with E-state index >= 15 is 0 Å². The predicted molar refractivity (Wildman–Crippen MR) is 131 cm³/mol. The number of hydrogen-bond donors (Lipinski definition) is 0. The molecule has 0 saturated carbocycles. The molecule has 0 N–H and O–H groups in total. The summed E-state index contributed by atoms with van der Waals surface area (Å²) in [5.74, 6) is 1.60. The Balaban J connectivity index is 1.52. The summed E-state index contributed by atoms with van der Waals surface area (Å²) in [6.07, 6.45) is 1.59. The maximum Gasteiger partial charge on any atom is 0.269 e. The lowest BCUT2D eigenvalue weighted by molar-refractivity contribution is -0.384. The van der Waals surface area contributed by atoms with E-state index in [-0.39, 0.29) is 11.6 Å². The van der Waals surface area contributed by atoms with Gasteiger partial charge in [0.2, 0.25) is 0 Å². The number of hydrogen-bond acceptors (Lipinski definition) is 6. The number of aromatic nitrogens is 2. The molecule has 0 atom stereocenters. The number of amides is 1. The molecule has 0 spiro atoms. The Hall–Kier alpha value is -3.81. The maximum absolute atomic E-state index is 12.9. The maximum atomic E-state index is 12.9. The Morgan fingerprint density at radius 3 is 2.21 bits per heavy atom. The van der Waals surface area contributed by atoms with Crippen LogP contribution in [0.2, 0.25) is 0 Å². The molecule has 1 aliphatic heterocycles. The molecule has 2 heterocycles. The van der Waals surface area contributed by atoms with Crippen LogP contribution in [0.3, 0.4) is 0 Å². The lowest BCUT2D eigenvalue weighted by atomic mass is 10.0. The van der Waals surface area contributed by atoms with Crippen LogP contribution in [0.4, 0.5) is 11.5 Å². The highest BCUT2D eigenvalue weighted by molar-refractivity contribution is 5.94. The Morgan fingerprint density at radius 2 is 1.62 bits per heavy atom. The van der Waals surface area contributed by atoms with E-state index in [9.17, 15) is 14.9 Å². The van der Waals surface area contributed by atoms with E-state index in [4.69, 9.17) is 9.97 Å². The molecule has 0 aliphatic carbocycles. The molecule has 8 nitrogen and oxygen atoms in total. The summed E-state index contributed by atoms with van der Waals surface area (Å²) < 4.78 is 0. The molecule has 8 heteroatoms. The molecule has 1 saturated heterocycles. The minimum atomic E-state index is -0.463. The van der Waals surface area contributed by atoms with Crippen LogP contribution in [0.5, 0.6) is 0 Å². The van der Waals surface area contributed by atoms with Gasteiger partial charge in [-0.2, -0.15) is 0 Å². The summed E-state index contributed by atoms with van der Waals surface area (Å²) in [7, 11) is 0. The molecule has 34 heavy (non-hydrogen) atoms. The number of carbonyl (C=O) groups is 1. The highest BCUT2D eigenvalue weighted by Crippen LogP contribution is 2.26. The zero-order valence-corrected chi connectivity index (χ0v) is 19.8. The number of benzene rings is 2. The molecule has 176 valence electrons. The van der Waals surface area contributed by atoms with Crippen LogP contribution in [0.1, 0.15) is 45.5 Å². The Kier molecular flexibility index (Phi) is 6.86. The van der Waals surface area contributed by atoms with Crippen LogP contribution in [-0.4, -0.2) is 51.9 Å². The molecule has 0 bridgehead atoms. The van der Waals surface area contributed by atoms with Crippen molar-refractivity contribution in [2.75, 3.05) is 31.1 Å². The third kappa shape index (κ3) is 5.06. The summed E-state index contributed by atoms with van der Waals surface area (Å²) in [5, 5.41) is 10.9. The molecule has 1 aliphatic rings. The van der Waals surface area contributed by atoms with Crippen LogP contribution >= 0.6 is 0 Å². The van der Waals surface area contributed by atoms with Crippen molar-refractivity contribution < 1.29 is 9.72 Å². The van der Waals surface area contributed by atoms with Crippen LogP contribution in [0, 0.1) is 24.0 Å². The molecular formula is C26H29N5O3. The van der Waals surface area contributed by atoms with Crippen LogP contribution in [0.25, 0.3) is 0 Å². The first-order chi connectivity index (χ1) is 16.4. The van der Waals surface area contributed by atoms with Gasteiger partial charge in [0.1, 0.15) is 11.6 Å². The van der Waals surface area contributed by atoms with Gasteiger partial charge in [-0.15, -0.1) is 0 Å². The second kappa shape index (κ2) is 9.99. The van der Waals surface area contributed by atoms with Gasteiger partial charge in [0.15, 0.2) is 0 Å². The minimum Gasteiger partial charge on any atom is -0.353 e. The summed E-state index contributed by atoms with van der Waals surface area (Å²) in [6.45, 7) is 8.57. The van der Waals surface area contributed by atoms with E-state index in [0.29, 0.717) is 31.7 Å². The Morgan fingerprint density at radius 1 is 0.971 bits per heavy atom. The molecule has 0 radical (unpaired) electrons. The molecule has 0 unspecified atom stereocenters. The van der Waals surface area contributed by atoms with Crippen molar-refractivity contribution in [1.29, 1.82) is 0 Å². The van der Waals surface area contributed by atoms with E-state index in [2.05, 4.69) is 43.0 Å². The molecule has 2 aromatic carbocycles. The SMILES string of the molecule is CCc1nc(C)nc(N2CCN(C(=O)c3ccc([N+](=O)[O-])cc3)CC2)c1Cc1ccc(C)cc1. The van der Waals surface area contributed by atoms with E-state index in [1.807, 2.05) is 6.92 Å². The number of anilines is 1. The van der Waals surface area contributed by atoms with Gasteiger partial charge < -0.3 is 9.80 Å². The summed E-state index contributed by atoms with van der Waals surface area (Å²) >= 11 is 0.